The molecule has 1 N–H and O–H groups in total. The van der Waals surface area contributed by atoms with Crippen LogP contribution in [0.2, 0.25) is 0 Å². The standard InChI is InChI=1S/C24H27N5O3/c1-4-5-13-31-23(30)21-17(3)25-24-26-27-28-29(24)22(21)18-11-8-12-20(14-18)32-15-19-10-7-6-9-16(19)2/h6-12,14,22H,4-5,13,15H2,1-3H3,(H,25,26,28). The number of hydrogen-bond donors (Lipinski definition) is 1. The first-order valence-corrected chi connectivity index (χ1v) is 10.8. The van der Waals surface area contributed by atoms with Gasteiger partial charge in [-0.05, 0) is 59.5 Å². The monoisotopic (exact) mass is 433 g/mol. The Morgan fingerprint density at radius 3 is 2.81 bits per heavy atom. The van der Waals surface area contributed by atoms with Crippen molar-refractivity contribution < 1.29 is 14.3 Å². The van der Waals surface area contributed by atoms with E-state index in [0.29, 0.717) is 36.2 Å². The molecule has 1 aliphatic heterocycles. The highest BCUT2D eigenvalue weighted by Crippen LogP contribution is 2.36. The molecule has 4 rings (SSSR count). The molecule has 0 saturated heterocycles. The molecule has 0 fully saturated rings. The van der Waals surface area contributed by atoms with Gasteiger partial charge in [0.2, 0.25) is 5.95 Å². The Morgan fingerprint density at radius 2 is 2.00 bits per heavy atom. The molecule has 166 valence electrons. The third-order valence-electron chi connectivity index (χ3n) is 5.49. The topological polar surface area (TPSA) is 91.2 Å². The summed E-state index contributed by atoms with van der Waals surface area (Å²) in [5.74, 6) is 0.805. The van der Waals surface area contributed by atoms with E-state index in [9.17, 15) is 4.79 Å². The van der Waals surface area contributed by atoms with E-state index in [4.69, 9.17) is 9.47 Å². The molecule has 2 aromatic carbocycles. The van der Waals surface area contributed by atoms with Gasteiger partial charge in [0.15, 0.2) is 0 Å². The number of tetrazole rings is 1. The normalized spacial score (nSPS) is 15.2. The summed E-state index contributed by atoms with van der Waals surface area (Å²) in [7, 11) is 0. The molecule has 32 heavy (non-hydrogen) atoms. The number of carbonyl (C=O) groups is 1. The summed E-state index contributed by atoms with van der Waals surface area (Å²) in [5.41, 5.74) is 4.29. The van der Waals surface area contributed by atoms with Crippen LogP contribution in [0.5, 0.6) is 5.75 Å². The van der Waals surface area contributed by atoms with Crippen molar-refractivity contribution in [3.63, 3.8) is 0 Å². The number of rotatable bonds is 8. The minimum absolute atomic E-state index is 0.374. The Balaban J connectivity index is 1.63. The third kappa shape index (κ3) is 4.49. The molecule has 8 nitrogen and oxygen atoms in total. The number of nitrogens with one attached hydrogen (secondary N) is 1. The van der Waals surface area contributed by atoms with E-state index in [1.807, 2.05) is 43.3 Å². The quantitative estimate of drug-likeness (QED) is 0.421. The Morgan fingerprint density at radius 1 is 1.16 bits per heavy atom. The molecule has 8 heteroatoms. The maximum absolute atomic E-state index is 13.0. The summed E-state index contributed by atoms with van der Waals surface area (Å²) in [6.45, 7) is 6.78. The first-order valence-electron chi connectivity index (χ1n) is 10.8. The molecule has 0 spiro atoms. The van der Waals surface area contributed by atoms with Crippen molar-refractivity contribution in [3.8, 4) is 5.75 Å². The van der Waals surface area contributed by atoms with E-state index in [0.717, 1.165) is 24.0 Å². The molecule has 1 atom stereocenters. The number of fused-ring (bicyclic) bond motifs is 1. The lowest BCUT2D eigenvalue weighted by Gasteiger charge is -2.27. The number of anilines is 1. The minimum Gasteiger partial charge on any atom is -0.489 e. The molecule has 0 amide bonds. The third-order valence-corrected chi connectivity index (χ3v) is 5.49. The van der Waals surface area contributed by atoms with Gasteiger partial charge in [-0.25, -0.2) is 4.79 Å². The number of aromatic nitrogens is 4. The lowest BCUT2D eigenvalue weighted by Crippen LogP contribution is -2.29. The Labute approximate surface area is 187 Å². The van der Waals surface area contributed by atoms with E-state index in [1.165, 1.54) is 5.56 Å². The smallest absolute Gasteiger partial charge is 0.338 e. The van der Waals surface area contributed by atoms with E-state index in [-0.39, 0.29) is 5.97 Å². The fourth-order valence-electron chi connectivity index (χ4n) is 3.68. The van der Waals surface area contributed by atoms with Crippen LogP contribution in [-0.2, 0) is 16.1 Å². The van der Waals surface area contributed by atoms with Crippen LogP contribution in [0, 0.1) is 6.92 Å². The average molecular weight is 434 g/mol. The van der Waals surface area contributed by atoms with Crippen molar-refractivity contribution in [1.29, 1.82) is 0 Å². The van der Waals surface area contributed by atoms with Crippen LogP contribution in [-0.4, -0.2) is 32.8 Å². The summed E-state index contributed by atoms with van der Waals surface area (Å²) >= 11 is 0. The summed E-state index contributed by atoms with van der Waals surface area (Å²) in [6.07, 6.45) is 1.76. The van der Waals surface area contributed by atoms with Gasteiger partial charge in [-0.2, -0.15) is 4.68 Å². The maximum atomic E-state index is 13.0. The number of hydrogen-bond acceptors (Lipinski definition) is 7. The highest BCUT2D eigenvalue weighted by molar-refractivity contribution is 5.92. The van der Waals surface area contributed by atoms with Gasteiger partial charge < -0.3 is 14.8 Å². The first kappa shape index (κ1) is 21.5. The molecule has 2 heterocycles. The summed E-state index contributed by atoms with van der Waals surface area (Å²) < 4.78 is 13.2. The van der Waals surface area contributed by atoms with Gasteiger partial charge in [0.05, 0.1) is 12.2 Å². The Kier molecular flexibility index (Phi) is 6.49. The summed E-state index contributed by atoms with van der Waals surface area (Å²) in [6, 6.07) is 15.3. The predicted molar refractivity (Wildman–Crippen MR) is 120 cm³/mol. The van der Waals surface area contributed by atoms with Gasteiger partial charge in [0.25, 0.3) is 0 Å². The highest BCUT2D eigenvalue weighted by atomic mass is 16.5. The first-order chi connectivity index (χ1) is 15.6. The van der Waals surface area contributed by atoms with Crippen LogP contribution in [0.3, 0.4) is 0 Å². The maximum Gasteiger partial charge on any atom is 0.338 e. The van der Waals surface area contributed by atoms with Gasteiger partial charge in [-0.15, -0.1) is 0 Å². The predicted octanol–water partition coefficient (Wildman–Crippen LogP) is 4.19. The number of unbranched alkanes of at least 4 members (excludes halogenated alkanes) is 1. The van der Waals surface area contributed by atoms with Crippen molar-refractivity contribution in [2.45, 2.75) is 46.3 Å². The fraction of sp³-hybridized carbons (Fsp3) is 0.333. The van der Waals surface area contributed by atoms with Crippen LogP contribution < -0.4 is 10.1 Å². The molecule has 0 radical (unpaired) electrons. The van der Waals surface area contributed by atoms with E-state index in [2.05, 4.69) is 46.8 Å². The second-order valence-corrected chi connectivity index (χ2v) is 7.79. The van der Waals surface area contributed by atoms with Gasteiger partial charge in [-0.1, -0.05) is 54.8 Å². The minimum atomic E-state index is -0.516. The van der Waals surface area contributed by atoms with Crippen molar-refractivity contribution in [2.24, 2.45) is 0 Å². The van der Waals surface area contributed by atoms with Gasteiger partial charge >= 0.3 is 5.97 Å². The second-order valence-electron chi connectivity index (χ2n) is 7.79. The molecule has 3 aromatic rings. The zero-order valence-corrected chi connectivity index (χ0v) is 18.5. The van der Waals surface area contributed by atoms with Crippen molar-refractivity contribution in [2.75, 3.05) is 11.9 Å². The molecular weight excluding hydrogens is 406 g/mol. The fourth-order valence-corrected chi connectivity index (χ4v) is 3.68. The molecule has 0 aliphatic carbocycles. The number of carbonyl (C=O) groups excluding carboxylic acids is 1. The molecular formula is C24H27N5O3. The van der Waals surface area contributed by atoms with Crippen molar-refractivity contribution in [3.05, 3.63) is 76.5 Å². The van der Waals surface area contributed by atoms with E-state index in [1.54, 1.807) is 4.68 Å². The largest absolute Gasteiger partial charge is 0.489 e. The van der Waals surface area contributed by atoms with Gasteiger partial charge in [-0.3, -0.25) is 0 Å². The van der Waals surface area contributed by atoms with Crippen LogP contribution in [0.15, 0.2) is 59.8 Å². The summed E-state index contributed by atoms with van der Waals surface area (Å²) in [5, 5.41) is 15.0. The van der Waals surface area contributed by atoms with Crippen LogP contribution in [0.4, 0.5) is 5.95 Å². The second kappa shape index (κ2) is 9.64. The lowest BCUT2D eigenvalue weighted by molar-refractivity contribution is -0.139. The van der Waals surface area contributed by atoms with Gasteiger partial charge in [0.1, 0.15) is 18.4 Å². The lowest BCUT2D eigenvalue weighted by atomic mass is 9.95. The molecule has 0 saturated carbocycles. The van der Waals surface area contributed by atoms with E-state index < -0.39 is 6.04 Å². The zero-order chi connectivity index (χ0) is 22.5. The number of esters is 1. The number of ether oxygens (including phenoxy) is 2. The number of aryl methyl sites for hydroxylation is 1. The highest BCUT2D eigenvalue weighted by Gasteiger charge is 2.35. The summed E-state index contributed by atoms with van der Waals surface area (Å²) in [4.78, 5) is 13.0. The number of benzene rings is 2. The molecule has 0 bridgehead atoms. The average Bonchev–Trinajstić information content (AvgIpc) is 3.26. The van der Waals surface area contributed by atoms with Crippen molar-refractivity contribution >= 4 is 11.9 Å². The Hall–Kier alpha value is -3.68. The van der Waals surface area contributed by atoms with Gasteiger partial charge in [0, 0.05) is 5.70 Å². The number of allylic oxidation sites excluding steroid dienone is 1. The Bertz CT molecular complexity index is 1140. The molecule has 1 unspecified atom stereocenters. The van der Waals surface area contributed by atoms with Crippen LogP contribution in [0.1, 0.15) is 49.4 Å². The van der Waals surface area contributed by atoms with Crippen LogP contribution in [0.25, 0.3) is 0 Å². The van der Waals surface area contributed by atoms with Crippen LogP contribution >= 0.6 is 0 Å². The molecule has 1 aliphatic rings. The van der Waals surface area contributed by atoms with E-state index >= 15 is 0 Å². The number of nitrogens with zero attached hydrogens (tertiary/aromatic N) is 4. The molecule has 1 aromatic heterocycles. The van der Waals surface area contributed by atoms with Crippen molar-refractivity contribution in [1.82, 2.24) is 20.2 Å². The zero-order valence-electron chi connectivity index (χ0n) is 18.5. The SMILES string of the molecule is CCCCOC(=O)C1=C(C)Nc2nnnn2C1c1cccc(OCc2ccccc2C)c1.